The fourth-order valence-electron chi connectivity index (χ4n) is 1.64. The summed E-state index contributed by atoms with van der Waals surface area (Å²) < 4.78 is 39.7. The molecule has 1 N–H and O–H groups in total. The standard InChI is InChI=1S/C11H7ClF3N3O2/c12-7-5(2-1-3-6(7)13)4-18-9(10(14)15)8(11(19)20)16-17-18/h1-3,10H,4H2,(H,19,20). The Kier molecular flexibility index (Phi) is 3.93. The van der Waals surface area contributed by atoms with Crippen molar-refractivity contribution in [3.63, 3.8) is 0 Å². The van der Waals surface area contributed by atoms with Gasteiger partial charge in [0.15, 0.2) is 5.69 Å². The van der Waals surface area contributed by atoms with Crippen molar-refractivity contribution in [2.45, 2.75) is 13.0 Å². The molecule has 0 atom stereocenters. The highest BCUT2D eigenvalue weighted by atomic mass is 35.5. The van der Waals surface area contributed by atoms with E-state index >= 15 is 0 Å². The Morgan fingerprint density at radius 3 is 2.75 bits per heavy atom. The van der Waals surface area contributed by atoms with Gasteiger partial charge in [-0.25, -0.2) is 22.6 Å². The maximum absolute atomic E-state index is 13.3. The van der Waals surface area contributed by atoms with Crippen LogP contribution in [0.3, 0.4) is 0 Å². The normalized spacial score (nSPS) is 11.1. The molecule has 106 valence electrons. The highest BCUT2D eigenvalue weighted by Crippen LogP contribution is 2.25. The average molecular weight is 306 g/mol. The lowest BCUT2D eigenvalue weighted by atomic mass is 10.2. The number of aromatic carboxylic acids is 1. The molecule has 1 aromatic carbocycles. The summed E-state index contributed by atoms with van der Waals surface area (Å²) in [5.41, 5.74) is -1.50. The predicted molar refractivity (Wildman–Crippen MR) is 62.5 cm³/mol. The molecule has 0 fully saturated rings. The lowest BCUT2D eigenvalue weighted by Gasteiger charge is -2.08. The van der Waals surface area contributed by atoms with Gasteiger partial charge in [0.25, 0.3) is 6.43 Å². The molecule has 0 aliphatic rings. The zero-order valence-corrected chi connectivity index (χ0v) is 10.5. The molecule has 9 heteroatoms. The molecule has 0 bridgehead atoms. The molecule has 20 heavy (non-hydrogen) atoms. The highest BCUT2D eigenvalue weighted by molar-refractivity contribution is 6.31. The van der Waals surface area contributed by atoms with Crippen LogP contribution in [0.25, 0.3) is 0 Å². The zero-order chi connectivity index (χ0) is 14.9. The summed E-state index contributed by atoms with van der Waals surface area (Å²) in [7, 11) is 0. The summed E-state index contributed by atoms with van der Waals surface area (Å²) in [6, 6.07) is 3.89. The molecule has 0 spiro atoms. The van der Waals surface area contributed by atoms with Crippen LogP contribution in [0, 0.1) is 5.82 Å². The number of carboxylic acid groups (broad SMARTS) is 1. The van der Waals surface area contributed by atoms with Crippen molar-refractivity contribution in [2.75, 3.05) is 0 Å². The Balaban J connectivity index is 2.44. The molecule has 0 radical (unpaired) electrons. The molecular weight excluding hydrogens is 299 g/mol. The Morgan fingerprint density at radius 2 is 2.15 bits per heavy atom. The fourth-order valence-corrected chi connectivity index (χ4v) is 1.82. The first kappa shape index (κ1) is 14.3. The van der Waals surface area contributed by atoms with E-state index in [1.165, 1.54) is 12.1 Å². The summed E-state index contributed by atoms with van der Waals surface area (Å²) in [6.45, 7) is -0.309. The first-order chi connectivity index (χ1) is 9.41. The molecule has 0 saturated carbocycles. The number of rotatable bonds is 4. The lowest BCUT2D eigenvalue weighted by Crippen LogP contribution is -2.10. The number of halogens is 4. The second-order valence-electron chi connectivity index (χ2n) is 3.80. The Morgan fingerprint density at radius 1 is 1.45 bits per heavy atom. The van der Waals surface area contributed by atoms with Crippen LogP contribution in [0.1, 0.15) is 28.2 Å². The van der Waals surface area contributed by atoms with Gasteiger partial charge in [-0.15, -0.1) is 5.10 Å². The van der Waals surface area contributed by atoms with Crippen LogP contribution in [0.4, 0.5) is 13.2 Å². The number of alkyl halides is 2. The van der Waals surface area contributed by atoms with Crippen molar-refractivity contribution in [1.29, 1.82) is 0 Å². The van der Waals surface area contributed by atoms with Gasteiger partial charge in [-0.3, -0.25) is 0 Å². The van der Waals surface area contributed by atoms with Gasteiger partial charge in [0.2, 0.25) is 0 Å². The molecular formula is C11H7ClF3N3O2. The van der Waals surface area contributed by atoms with Gasteiger partial charge in [-0.05, 0) is 11.6 Å². The number of hydrogen-bond donors (Lipinski definition) is 1. The van der Waals surface area contributed by atoms with Crippen LogP contribution >= 0.6 is 11.6 Å². The Labute approximate surface area is 115 Å². The number of benzene rings is 1. The van der Waals surface area contributed by atoms with Crippen molar-refractivity contribution in [3.8, 4) is 0 Å². The summed E-state index contributed by atoms with van der Waals surface area (Å²) in [5, 5.41) is 15.1. The second-order valence-corrected chi connectivity index (χ2v) is 4.18. The van der Waals surface area contributed by atoms with Crippen LogP contribution in [-0.4, -0.2) is 26.1 Å². The molecule has 5 nitrogen and oxygen atoms in total. The van der Waals surface area contributed by atoms with Gasteiger partial charge >= 0.3 is 5.97 Å². The monoisotopic (exact) mass is 305 g/mol. The van der Waals surface area contributed by atoms with Gasteiger partial charge in [0.05, 0.1) is 11.6 Å². The maximum atomic E-state index is 13.3. The minimum absolute atomic E-state index is 0.190. The SMILES string of the molecule is O=C(O)c1nnn(Cc2cccc(F)c2Cl)c1C(F)F. The van der Waals surface area contributed by atoms with E-state index in [0.717, 1.165) is 6.07 Å². The lowest BCUT2D eigenvalue weighted by molar-refractivity contribution is 0.0675. The van der Waals surface area contributed by atoms with Crippen molar-refractivity contribution in [2.24, 2.45) is 0 Å². The fraction of sp³-hybridized carbons (Fsp3) is 0.182. The van der Waals surface area contributed by atoms with Crippen LogP contribution in [0.2, 0.25) is 5.02 Å². The molecule has 0 amide bonds. The van der Waals surface area contributed by atoms with Crippen molar-refractivity contribution in [3.05, 3.63) is 46.0 Å². The third-order valence-corrected chi connectivity index (χ3v) is 2.96. The van der Waals surface area contributed by atoms with E-state index in [-0.39, 0.29) is 17.1 Å². The van der Waals surface area contributed by atoms with Gasteiger partial charge in [-0.1, -0.05) is 28.9 Å². The van der Waals surface area contributed by atoms with Crippen molar-refractivity contribution < 1.29 is 23.1 Å². The summed E-state index contributed by atoms with van der Waals surface area (Å²) in [4.78, 5) is 10.8. The highest BCUT2D eigenvalue weighted by Gasteiger charge is 2.26. The molecule has 1 heterocycles. The largest absolute Gasteiger partial charge is 0.476 e. The minimum atomic E-state index is -3.08. The van der Waals surface area contributed by atoms with E-state index in [9.17, 15) is 18.0 Å². The van der Waals surface area contributed by atoms with E-state index in [4.69, 9.17) is 16.7 Å². The van der Waals surface area contributed by atoms with E-state index in [0.29, 0.717) is 4.68 Å². The molecule has 1 aromatic heterocycles. The summed E-state index contributed by atoms with van der Waals surface area (Å²) >= 11 is 5.70. The van der Waals surface area contributed by atoms with E-state index < -0.39 is 29.6 Å². The molecule has 0 saturated heterocycles. The number of carbonyl (C=O) groups is 1. The quantitative estimate of drug-likeness (QED) is 0.943. The van der Waals surface area contributed by atoms with Gasteiger partial charge in [0, 0.05) is 0 Å². The van der Waals surface area contributed by atoms with Crippen LogP contribution in [0.5, 0.6) is 0 Å². The zero-order valence-electron chi connectivity index (χ0n) is 9.73. The van der Waals surface area contributed by atoms with Crippen LogP contribution in [-0.2, 0) is 6.54 Å². The van der Waals surface area contributed by atoms with E-state index in [1.54, 1.807) is 0 Å². The van der Waals surface area contributed by atoms with Crippen LogP contribution in [0.15, 0.2) is 18.2 Å². The number of carboxylic acids is 1. The molecule has 2 rings (SSSR count). The third kappa shape index (κ3) is 2.60. The topological polar surface area (TPSA) is 68.0 Å². The second kappa shape index (κ2) is 5.49. The summed E-state index contributed by atoms with van der Waals surface area (Å²) in [5.74, 6) is -2.32. The van der Waals surface area contributed by atoms with Crippen molar-refractivity contribution >= 4 is 17.6 Å². The maximum Gasteiger partial charge on any atom is 0.358 e. The smallest absolute Gasteiger partial charge is 0.358 e. The first-order valence-electron chi connectivity index (χ1n) is 5.29. The van der Waals surface area contributed by atoms with E-state index in [2.05, 4.69) is 10.3 Å². The molecule has 2 aromatic rings. The number of aromatic nitrogens is 3. The first-order valence-corrected chi connectivity index (χ1v) is 5.67. The van der Waals surface area contributed by atoms with Gasteiger partial charge in [0.1, 0.15) is 11.5 Å². The minimum Gasteiger partial charge on any atom is -0.476 e. The van der Waals surface area contributed by atoms with Crippen molar-refractivity contribution in [1.82, 2.24) is 15.0 Å². The van der Waals surface area contributed by atoms with Gasteiger partial charge < -0.3 is 5.11 Å². The Hall–Kier alpha value is -2.09. The van der Waals surface area contributed by atoms with E-state index in [1.807, 2.05) is 0 Å². The van der Waals surface area contributed by atoms with Gasteiger partial charge in [-0.2, -0.15) is 0 Å². The number of nitrogens with zero attached hydrogens (tertiary/aromatic N) is 3. The predicted octanol–water partition coefficient (Wildman–Crippen LogP) is 2.75. The molecule has 0 unspecified atom stereocenters. The molecule has 0 aliphatic carbocycles. The Bertz CT molecular complexity index is 660. The van der Waals surface area contributed by atoms with Crippen LogP contribution < -0.4 is 0 Å². The summed E-state index contributed by atoms with van der Waals surface area (Å²) in [6.07, 6.45) is -3.08. The number of hydrogen-bond acceptors (Lipinski definition) is 3. The average Bonchev–Trinajstić information content (AvgIpc) is 2.79. The third-order valence-electron chi connectivity index (χ3n) is 2.53. The molecule has 0 aliphatic heterocycles.